The summed E-state index contributed by atoms with van der Waals surface area (Å²) in [5, 5.41) is 0.475. The van der Waals surface area contributed by atoms with E-state index < -0.39 is 0 Å². The van der Waals surface area contributed by atoms with E-state index in [0.717, 1.165) is 0 Å². The molecule has 3 heteroatoms. The van der Waals surface area contributed by atoms with E-state index in [1.807, 2.05) is 0 Å². The van der Waals surface area contributed by atoms with Crippen LogP contribution in [0.15, 0.2) is 24.4 Å². The average molecular weight is 160 g/mol. The highest BCUT2D eigenvalue weighted by Gasteiger charge is 2.04. The Labute approximate surface area is 68.5 Å². The maximum absolute atomic E-state index is 13.0. The van der Waals surface area contributed by atoms with Crippen LogP contribution < -0.4 is 0 Å². The highest BCUT2D eigenvalue weighted by Crippen LogP contribution is 2.26. The van der Waals surface area contributed by atoms with Crippen molar-refractivity contribution in [1.82, 2.24) is 4.98 Å². The van der Waals surface area contributed by atoms with E-state index in [1.54, 1.807) is 12.3 Å². The first-order chi connectivity index (χ1) is 5.83. The van der Waals surface area contributed by atoms with Gasteiger partial charge in [0.05, 0.1) is 12.1 Å². The number of hydrogen-bond donors (Lipinski definition) is 1. The first kappa shape index (κ1) is 6.86. The summed E-state index contributed by atoms with van der Waals surface area (Å²) in [6.07, 6.45) is 1.63. The lowest BCUT2D eigenvalue weighted by Gasteiger charge is -1.93. The second kappa shape index (κ2) is 2.35. The number of nitrogens with one attached hydrogen (secondary N) is 1. The summed E-state index contributed by atoms with van der Waals surface area (Å²) in [5.74, 6) is -0.293. The molecule has 2 aromatic rings. The predicted octanol–water partition coefficient (Wildman–Crippen LogP) is 2.86. The molecule has 2 nitrogen and oxygen atoms in total. The molecule has 0 fully saturated rings. The first-order valence-corrected chi connectivity index (χ1v) is 3.46. The second-order valence-electron chi connectivity index (χ2n) is 2.44. The molecule has 0 unspecified atom stereocenters. The number of H-pyrrole nitrogens is 1. The van der Waals surface area contributed by atoms with Gasteiger partial charge in [-0.15, -0.1) is 0 Å². The quantitative estimate of drug-likeness (QED) is 0.572. The lowest BCUT2D eigenvalue weighted by molar-refractivity contribution is 0.640. The van der Waals surface area contributed by atoms with Crippen LogP contribution in [0.5, 0.6) is 0 Å². The van der Waals surface area contributed by atoms with Gasteiger partial charge in [0.1, 0.15) is 5.82 Å². The molecule has 0 bridgehead atoms. The fraction of sp³-hybridized carbons (Fsp3) is 0. The van der Waals surface area contributed by atoms with Crippen LogP contribution in [-0.2, 0) is 0 Å². The minimum atomic E-state index is -0.293. The number of aromatic amines is 1. The van der Waals surface area contributed by atoms with Gasteiger partial charge in [0, 0.05) is 11.6 Å². The number of halogens is 1. The Morgan fingerprint density at radius 3 is 2.92 bits per heavy atom. The third kappa shape index (κ3) is 0.785. The van der Waals surface area contributed by atoms with Crippen LogP contribution in [-0.4, -0.2) is 4.98 Å². The summed E-state index contributed by atoms with van der Waals surface area (Å²) in [6, 6.07) is 4.41. The SMILES string of the molecule is [C-]#[N+]c1ccc(F)c2cc[nH]c12. The number of aromatic nitrogens is 1. The summed E-state index contributed by atoms with van der Waals surface area (Å²) in [6.45, 7) is 6.82. The molecule has 0 amide bonds. The summed E-state index contributed by atoms with van der Waals surface area (Å²) in [5.41, 5.74) is 1.03. The largest absolute Gasteiger partial charge is 0.370 e. The molecular weight excluding hydrogens is 155 g/mol. The predicted molar refractivity (Wildman–Crippen MR) is 44.5 cm³/mol. The van der Waals surface area contributed by atoms with E-state index in [-0.39, 0.29) is 5.82 Å². The molecule has 1 N–H and O–H groups in total. The molecule has 0 saturated heterocycles. The van der Waals surface area contributed by atoms with Gasteiger partial charge < -0.3 is 4.98 Å². The molecule has 12 heavy (non-hydrogen) atoms. The van der Waals surface area contributed by atoms with Crippen molar-refractivity contribution in [2.24, 2.45) is 0 Å². The molecule has 1 aromatic heterocycles. The lowest BCUT2D eigenvalue weighted by atomic mass is 10.2. The Morgan fingerprint density at radius 2 is 2.17 bits per heavy atom. The van der Waals surface area contributed by atoms with Gasteiger partial charge in [-0.05, 0) is 12.1 Å². The summed E-state index contributed by atoms with van der Waals surface area (Å²) < 4.78 is 13.0. The van der Waals surface area contributed by atoms with Crippen LogP contribution in [0.1, 0.15) is 0 Å². The van der Waals surface area contributed by atoms with Crippen LogP contribution in [0.2, 0.25) is 0 Å². The molecule has 0 spiro atoms. The molecule has 0 saturated carbocycles. The van der Waals surface area contributed by atoms with E-state index in [2.05, 4.69) is 9.83 Å². The standard InChI is InChI=1S/C9H5FN2/c1-11-8-3-2-7(10)6-4-5-12-9(6)8/h2-5,12H. The van der Waals surface area contributed by atoms with E-state index in [0.29, 0.717) is 16.6 Å². The number of nitrogens with zero attached hydrogens (tertiary/aromatic N) is 1. The smallest absolute Gasteiger partial charge is 0.210 e. The van der Waals surface area contributed by atoms with E-state index in [4.69, 9.17) is 6.57 Å². The van der Waals surface area contributed by atoms with Crippen LogP contribution in [0.25, 0.3) is 15.7 Å². The number of hydrogen-bond acceptors (Lipinski definition) is 0. The zero-order valence-electron chi connectivity index (χ0n) is 6.13. The summed E-state index contributed by atoms with van der Waals surface area (Å²) in [4.78, 5) is 6.09. The Kier molecular flexibility index (Phi) is 1.34. The molecule has 2 rings (SSSR count). The number of rotatable bonds is 0. The Morgan fingerprint density at radius 1 is 1.33 bits per heavy atom. The highest BCUT2D eigenvalue weighted by atomic mass is 19.1. The third-order valence-electron chi connectivity index (χ3n) is 1.77. The lowest BCUT2D eigenvalue weighted by Crippen LogP contribution is -1.74. The molecule has 0 atom stereocenters. The molecule has 0 aliphatic carbocycles. The van der Waals surface area contributed by atoms with Gasteiger partial charge in [-0.25, -0.2) is 9.24 Å². The minimum absolute atomic E-state index is 0.293. The fourth-order valence-electron chi connectivity index (χ4n) is 1.20. The Bertz CT molecular complexity index is 465. The fourth-order valence-corrected chi connectivity index (χ4v) is 1.20. The van der Waals surface area contributed by atoms with Crippen molar-refractivity contribution in [2.75, 3.05) is 0 Å². The zero-order valence-corrected chi connectivity index (χ0v) is 6.13. The second-order valence-corrected chi connectivity index (χ2v) is 2.44. The maximum atomic E-state index is 13.0. The highest BCUT2D eigenvalue weighted by molar-refractivity contribution is 5.91. The van der Waals surface area contributed by atoms with Crippen LogP contribution in [0, 0.1) is 12.4 Å². The van der Waals surface area contributed by atoms with Gasteiger partial charge in [-0.3, -0.25) is 0 Å². The molecule has 58 valence electrons. The molecule has 1 heterocycles. The van der Waals surface area contributed by atoms with Crippen molar-refractivity contribution in [1.29, 1.82) is 0 Å². The van der Waals surface area contributed by atoms with Crippen LogP contribution in [0.3, 0.4) is 0 Å². The van der Waals surface area contributed by atoms with Crippen LogP contribution >= 0.6 is 0 Å². The third-order valence-corrected chi connectivity index (χ3v) is 1.77. The molecule has 0 aliphatic heterocycles. The first-order valence-electron chi connectivity index (χ1n) is 3.46. The van der Waals surface area contributed by atoms with Gasteiger partial charge in [0.2, 0.25) is 5.69 Å². The monoisotopic (exact) mass is 160 g/mol. The topological polar surface area (TPSA) is 20.1 Å². The summed E-state index contributed by atoms with van der Waals surface area (Å²) in [7, 11) is 0. The van der Waals surface area contributed by atoms with E-state index >= 15 is 0 Å². The zero-order chi connectivity index (χ0) is 8.55. The van der Waals surface area contributed by atoms with E-state index in [9.17, 15) is 4.39 Å². The number of benzene rings is 1. The molecule has 1 aromatic carbocycles. The number of fused-ring (bicyclic) bond motifs is 1. The van der Waals surface area contributed by atoms with Crippen LogP contribution in [0.4, 0.5) is 10.1 Å². The van der Waals surface area contributed by atoms with Gasteiger partial charge >= 0.3 is 0 Å². The van der Waals surface area contributed by atoms with Crippen molar-refractivity contribution >= 4 is 16.6 Å². The summed E-state index contributed by atoms with van der Waals surface area (Å²) >= 11 is 0. The van der Waals surface area contributed by atoms with Crippen molar-refractivity contribution < 1.29 is 4.39 Å². The normalized spacial score (nSPS) is 10.0. The van der Waals surface area contributed by atoms with Gasteiger partial charge in [0.25, 0.3) is 0 Å². The molecule has 0 radical (unpaired) electrons. The van der Waals surface area contributed by atoms with Crippen molar-refractivity contribution in [2.45, 2.75) is 0 Å². The maximum Gasteiger partial charge on any atom is 0.210 e. The van der Waals surface area contributed by atoms with Gasteiger partial charge in [-0.1, -0.05) is 6.07 Å². The van der Waals surface area contributed by atoms with Gasteiger partial charge in [0.15, 0.2) is 0 Å². The Hall–Kier alpha value is -1.82. The van der Waals surface area contributed by atoms with Crippen molar-refractivity contribution in [3.05, 3.63) is 41.6 Å². The molecular formula is C9H5FN2. The minimum Gasteiger partial charge on any atom is -0.370 e. The van der Waals surface area contributed by atoms with Gasteiger partial charge in [-0.2, -0.15) is 0 Å². The van der Waals surface area contributed by atoms with Crippen molar-refractivity contribution in [3.63, 3.8) is 0 Å². The van der Waals surface area contributed by atoms with E-state index in [1.165, 1.54) is 12.1 Å². The molecule has 0 aliphatic rings. The van der Waals surface area contributed by atoms with Crippen molar-refractivity contribution in [3.8, 4) is 0 Å². The average Bonchev–Trinajstić information content (AvgIpc) is 2.54. The Balaban J connectivity index is 2.94.